The van der Waals surface area contributed by atoms with Gasteiger partial charge in [-0.3, -0.25) is 0 Å². The molecule has 0 amide bonds. The largest absolute Gasteiger partial charge is 0.379 e. The molecule has 0 radical (unpaired) electrons. The number of benzene rings is 1. The Kier molecular flexibility index (Phi) is 3.36. The summed E-state index contributed by atoms with van der Waals surface area (Å²) in [4.78, 5) is 4.36. The normalized spacial score (nSPS) is 13.3. The van der Waals surface area contributed by atoms with E-state index < -0.39 is 0 Å². The quantitative estimate of drug-likeness (QED) is 0.878. The molecule has 86 valence electrons. The average Bonchev–Trinajstić information content (AvgIpc) is 2.70. The molecule has 2 nitrogen and oxygen atoms in total. The molecule has 0 saturated carbocycles. The van der Waals surface area contributed by atoms with Crippen molar-refractivity contribution < 1.29 is 0 Å². The lowest BCUT2D eigenvalue weighted by atomic mass is 10.1. The van der Waals surface area contributed by atoms with Gasteiger partial charge >= 0.3 is 0 Å². The van der Waals surface area contributed by atoms with E-state index in [1.165, 1.54) is 4.70 Å². The molecule has 1 aromatic heterocycles. The minimum Gasteiger partial charge on any atom is -0.379 e. The first-order chi connectivity index (χ1) is 7.59. The Morgan fingerprint density at radius 1 is 1.31 bits per heavy atom. The van der Waals surface area contributed by atoms with Gasteiger partial charge in [0.15, 0.2) is 0 Å². The second kappa shape index (κ2) is 4.60. The molecule has 0 aliphatic rings. The molecule has 0 fully saturated rings. The number of halogens is 1. The van der Waals surface area contributed by atoms with Crippen molar-refractivity contribution in [2.75, 3.05) is 5.32 Å². The highest BCUT2D eigenvalue weighted by Crippen LogP contribution is 2.33. The second-order valence-corrected chi connectivity index (χ2v) is 5.59. The summed E-state index contributed by atoms with van der Waals surface area (Å²) in [5.74, 6) is 0.560. The molecule has 1 unspecified atom stereocenters. The number of anilines is 1. The topological polar surface area (TPSA) is 24.9 Å². The Balaban J connectivity index is 2.42. The highest BCUT2D eigenvalue weighted by molar-refractivity contribution is 7.16. The molecule has 0 saturated heterocycles. The SMILES string of the molecule is CC(C)C(C)Nc1c(Cl)ccc2scnc12. The number of fused-ring (bicyclic) bond motifs is 1. The van der Waals surface area contributed by atoms with Crippen LogP contribution in [0.15, 0.2) is 17.6 Å². The zero-order valence-corrected chi connectivity index (χ0v) is 11.2. The minimum atomic E-state index is 0.379. The van der Waals surface area contributed by atoms with Crippen LogP contribution in [0, 0.1) is 5.92 Å². The number of hydrogen-bond acceptors (Lipinski definition) is 3. The molecule has 1 heterocycles. The van der Waals surface area contributed by atoms with Crippen LogP contribution in [0.25, 0.3) is 10.2 Å². The monoisotopic (exact) mass is 254 g/mol. The number of rotatable bonds is 3. The van der Waals surface area contributed by atoms with Crippen molar-refractivity contribution in [3.05, 3.63) is 22.7 Å². The first kappa shape index (κ1) is 11.7. The summed E-state index contributed by atoms with van der Waals surface area (Å²) in [6.07, 6.45) is 0. The Bertz CT molecular complexity index is 493. The van der Waals surface area contributed by atoms with E-state index in [4.69, 9.17) is 11.6 Å². The predicted octanol–water partition coefficient (Wildman–Crippen LogP) is 4.41. The van der Waals surface area contributed by atoms with Crippen LogP contribution in [0.3, 0.4) is 0 Å². The molecule has 2 rings (SSSR count). The minimum absolute atomic E-state index is 0.379. The fourth-order valence-corrected chi connectivity index (χ4v) is 2.33. The number of nitrogens with zero attached hydrogens (tertiary/aromatic N) is 1. The molecular weight excluding hydrogens is 240 g/mol. The fraction of sp³-hybridized carbons (Fsp3) is 0.417. The summed E-state index contributed by atoms with van der Waals surface area (Å²) in [7, 11) is 0. The maximum atomic E-state index is 6.21. The van der Waals surface area contributed by atoms with Gasteiger partial charge in [0.25, 0.3) is 0 Å². The van der Waals surface area contributed by atoms with E-state index in [9.17, 15) is 0 Å². The summed E-state index contributed by atoms with van der Waals surface area (Å²) in [6.45, 7) is 6.53. The van der Waals surface area contributed by atoms with E-state index in [1.54, 1.807) is 11.3 Å². The third-order valence-corrected chi connectivity index (χ3v) is 3.93. The van der Waals surface area contributed by atoms with E-state index in [1.807, 2.05) is 17.6 Å². The summed E-state index contributed by atoms with van der Waals surface area (Å²) < 4.78 is 1.17. The van der Waals surface area contributed by atoms with Crippen LogP contribution in [0.2, 0.25) is 5.02 Å². The van der Waals surface area contributed by atoms with Crippen LogP contribution in [0.4, 0.5) is 5.69 Å². The van der Waals surface area contributed by atoms with Crippen LogP contribution >= 0.6 is 22.9 Å². The van der Waals surface area contributed by atoms with Gasteiger partial charge in [0.1, 0.15) is 5.52 Å². The Morgan fingerprint density at radius 3 is 2.75 bits per heavy atom. The lowest BCUT2D eigenvalue weighted by molar-refractivity contribution is 0.560. The highest BCUT2D eigenvalue weighted by atomic mass is 35.5. The van der Waals surface area contributed by atoms with Gasteiger partial charge in [0.2, 0.25) is 0 Å². The maximum Gasteiger partial charge on any atom is 0.106 e. The van der Waals surface area contributed by atoms with Gasteiger partial charge in [-0.15, -0.1) is 11.3 Å². The standard InChI is InChI=1S/C12H15ClN2S/c1-7(2)8(3)15-11-9(13)4-5-10-12(11)14-6-16-10/h4-8,15H,1-3H3. The van der Waals surface area contributed by atoms with Gasteiger partial charge in [-0.25, -0.2) is 4.98 Å². The van der Waals surface area contributed by atoms with Crippen LogP contribution in [0.1, 0.15) is 20.8 Å². The van der Waals surface area contributed by atoms with Crippen molar-refractivity contribution in [3.63, 3.8) is 0 Å². The molecule has 1 aromatic carbocycles. The number of hydrogen-bond donors (Lipinski definition) is 1. The predicted molar refractivity (Wildman–Crippen MR) is 72.6 cm³/mol. The molecule has 1 atom stereocenters. The zero-order chi connectivity index (χ0) is 11.7. The fourth-order valence-electron chi connectivity index (χ4n) is 1.44. The van der Waals surface area contributed by atoms with Gasteiger partial charge in [-0.05, 0) is 25.0 Å². The van der Waals surface area contributed by atoms with Crippen LogP contribution in [0.5, 0.6) is 0 Å². The smallest absolute Gasteiger partial charge is 0.106 e. The number of thiazole rings is 1. The maximum absolute atomic E-state index is 6.21. The van der Waals surface area contributed by atoms with Crippen LogP contribution in [-0.4, -0.2) is 11.0 Å². The average molecular weight is 255 g/mol. The molecule has 2 aromatic rings. The van der Waals surface area contributed by atoms with E-state index in [-0.39, 0.29) is 0 Å². The molecule has 0 spiro atoms. The summed E-state index contributed by atoms with van der Waals surface area (Å²) in [5, 5.41) is 4.19. The van der Waals surface area contributed by atoms with Crippen LogP contribution in [-0.2, 0) is 0 Å². The van der Waals surface area contributed by atoms with Gasteiger partial charge in [-0.2, -0.15) is 0 Å². The third kappa shape index (κ3) is 2.15. The van der Waals surface area contributed by atoms with Crippen molar-refractivity contribution in [3.8, 4) is 0 Å². The summed E-state index contributed by atoms with van der Waals surface area (Å²) in [5.41, 5.74) is 3.79. The molecule has 4 heteroatoms. The van der Waals surface area contributed by atoms with Crippen molar-refractivity contribution >= 4 is 38.8 Å². The van der Waals surface area contributed by atoms with E-state index in [2.05, 4.69) is 31.1 Å². The highest BCUT2D eigenvalue weighted by Gasteiger charge is 2.13. The summed E-state index contributed by atoms with van der Waals surface area (Å²) >= 11 is 7.85. The molecule has 0 bridgehead atoms. The van der Waals surface area contributed by atoms with Gasteiger partial charge in [0.05, 0.1) is 20.9 Å². The van der Waals surface area contributed by atoms with Gasteiger partial charge < -0.3 is 5.32 Å². The van der Waals surface area contributed by atoms with E-state index >= 15 is 0 Å². The van der Waals surface area contributed by atoms with E-state index in [0.717, 1.165) is 16.2 Å². The van der Waals surface area contributed by atoms with Gasteiger partial charge in [0, 0.05) is 6.04 Å². The molecule has 0 aliphatic carbocycles. The van der Waals surface area contributed by atoms with Crippen molar-refractivity contribution in [2.45, 2.75) is 26.8 Å². The first-order valence-electron chi connectivity index (χ1n) is 5.38. The van der Waals surface area contributed by atoms with E-state index in [0.29, 0.717) is 12.0 Å². The summed E-state index contributed by atoms with van der Waals surface area (Å²) in [6, 6.07) is 4.32. The zero-order valence-electron chi connectivity index (χ0n) is 9.62. The third-order valence-electron chi connectivity index (χ3n) is 2.82. The first-order valence-corrected chi connectivity index (χ1v) is 6.63. The number of aromatic nitrogens is 1. The van der Waals surface area contributed by atoms with Gasteiger partial charge in [-0.1, -0.05) is 25.4 Å². The molecular formula is C12H15ClN2S. The van der Waals surface area contributed by atoms with Crippen LogP contribution < -0.4 is 5.32 Å². The molecule has 16 heavy (non-hydrogen) atoms. The lowest BCUT2D eigenvalue weighted by Gasteiger charge is -2.19. The Morgan fingerprint density at radius 2 is 2.06 bits per heavy atom. The second-order valence-electron chi connectivity index (χ2n) is 4.30. The lowest BCUT2D eigenvalue weighted by Crippen LogP contribution is -2.21. The Labute approximate surface area is 105 Å². The Hall–Kier alpha value is -0.800. The van der Waals surface area contributed by atoms with Crippen molar-refractivity contribution in [1.29, 1.82) is 0 Å². The molecule has 1 N–H and O–H groups in total. The van der Waals surface area contributed by atoms with Crippen molar-refractivity contribution in [2.24, 2.45) is 5.92 Å². The number of nitrogens with one attached hydrogen (secondary N) is 1. The van der Waals surface area contributed by atoms with Crippen molar-refractivity contribution in [1.82, 2.24) is 4.98 Å². The molecule has 0 aliphatic heterocycles.